The molecule has 30 heavy (non-hydrogen) atoms. The molecule has 0 N–H and O–H groups in total. The van der Waals surface area contributed by atoms with Gasteiger partial charge >= 0.3 is 12.1 Å². The van der Waals surface area contributed by atoms with Crippen molar-refractivity contribution in [3.8, 4) is 0 Å². The van der Waals surface area contributed by atoms with E-state index in [1.165, 1.54) is 42.6 Å². The molecule has 2 aromatic carbocycles. The number of aromatic nitrogens is 1. The first-order valence-electron chi connectivity index (χ1n) is 8.51. The van der Waals surface area contributed by atoms with Gasteiger partial charge in [-0.1, -0.05) is 18.2 Å². The van der Waals surface area contributed by atoms with Gasteiger partial charge in [0.05, 0.1) is 22.5 Å². The van der Waals surface area contributed by atoms with Crippen molar-refractivity contribution in [3.05, 3.63) is 76.5 Å². The minimum atomic E-state index is -4.56. The largest absolute Gasteiger partial charge is 0.455 e. The smallest absolute Gasteiger partial charge is 0.416 e. The van der Waals surface area contributed by atoms with Crippen molar-refractivity contribution in [3.63, 3.8) is 0 Å². The molecule has 1 heterocycles. The molecule has 5 nitrogen and oxygen atoms in total. The number of carbonyl (C=O) groups excluding carboxylic acids is 2. The molecular weight excluding hydrogens is 424 g/mol. The van der Waals surface area contributed by atoms with Gasteiger partial charge in [0.25, 0.3) is 0 Å². The summed E-state index contributed by atoms with van der Waals surface area (Å²) in [5, 5.41) is 1.60. The Labute approximate surface area is 172 Å². The molecule has 0 saturated carbocycles. The molecule has 0 aliphatic rings. The van der Waals surface area contributed by atoms with E-state index in [1.807, 2.05) is 0 Å². The number of benzene rings is 2. The lowest BCUT2D eigenvalue weighted by Gasteiger charge is -2.19. The summed E-state index contributed by atoms with van der Waals surface area (Å²) in [7, 11) is 0. The fourth-order valence-corrected chi connectivity index (χ4v) is 3.43. The standard InChI is InChI=1S/C20H14F4N2O3S/c1-12(27)26(15-6-4-5-13(9-15)20(22,23)24)19-25-14(11-30-19)10-29-18(28)16-7-2-3-8-17(16)21/h2-9,11H,10H2,1H3. The van der Waals surface area contributed by atoms with Crippen LogP contribution >= 0.6 is 11.3 Å². The highest BCUT2D eigenvalue weighted by atomic mass is 32.1. The Balaban J connectivity index is 1.78. The summed E-state index contributed by atoms with van der Waals surface area (Å²) in [6.45, 7) is 0.900. The van der Waals surface area contributed by atoms with E-state index in [1.54, 1.807) is 0 Å². The van der Waals surface area contributed by atoms with Gasteiger partial charge in [0.15, 0.2) is 5.13 Å². The van der Waals surface area contributed by atoms with Gasteiger partial charge in [-0.2, -0.15) is 13.2 Å². The average Bonchev–Trinajstić information content (AvgIpc) is 3.14. The quantitative estimate of drug-likeness (QED) is 0.398. The number of ether oxygens (including phenoxy) is 1. The number of hydrogen-bond acceptors (Lipinski definition) is 5. The predicted molar refractivity (Wildman–Crippen MR) is 102 cm³/mol. The molecule has 0 radical (unpaired) electrons. The lowest BCUT2D eigenvalue weighted by molar-refractivity contribution is -0.137. The van der Waals surface area contributed by atoms with Crippen LogP contribution in [0.5, 0.6) is 0 Å². The summed E-state index contributed by atoms with van der Waals surface area (Å²) in [5.74, 6) is -2.16. The molecule has 1 aromatic heterocycles. The number of alkyl halides is 3. The minimum Gasteiger partial charge on any atom is -0.455 e. The number of carbonyl (C=O) groups is 2. The van der Waals surface area contributed by atoms with Gasteiger partial charge in [0.1, 0.15) is 12.4 Å². The molecule has 0 spiro atoms. The molecule has 0 fully saturated rings. The average molecular weight is 438 g/mol. The van der Waals surface area contributed by atoms with Crippen LogP contribution in [0.1, 0.15) is 28.5 Å². The Morgan fingerprint density at radius 1 is 1.13 bits per heavy atom. The van der Waals surface area contributed by atoms with E-state index in [0.717, 1.165) is 34.4 Å². The molecule has 0 aliphatic heterocycles. The minimum absolute atomic E-state index is 0.00146. The third-order valence-electron chi connectivity index (χ3n) is 3.92. The van der Waals surface area contributed by atoms with Crippen molar-refractivity contribution < 1.29 is 31.9 Å². The first-order chi connectivity index (χ1) is 14.2. The Hall–Kier alpha value is -3.27. The maximum absolute atomic E-state index is 13.6. The van der Waals surface area contributed by atoms with Gasteiger partial charge in [-0.05, 0) is 30.3 Å². The van der Waals surface area contributed by atoms with E-state index in [4.69, 9.17) is 4.74 Å². The molecule has 0 atom stereocenters. The van der Waals surface area contributed by atoms with Crippen LogP contribution in [0.2, 0.25) is 0 Å². The highest BCUT2D eigenvalue weighted by Crippen LogP contribution is 2.35. The van der Waals surface area contributed by atoms with Crippen molar-refractivity contribution in [2.75, 3.05) is 4.90 Å². The molecular formula is C20H14F4N2O3S. The van der Waals surface area contributed by atoms with Crippen LogP contribution < -0.4 is 4.90 Å². The SMILES string of the molecule is CC(=O)N(c1cccc(C(F)(F)F)c1)c1nc(COC(=O)c2ccccc2F)cs1. The molecule has 0 bridgehead atoms. The zero-order valence-electron chi connectivity index (χ0n) is 15.4. The van der Waals surface area contributed by atoms with Crippen molar-refractivity contribution >= 4 is 34.0 Å². The number of amides is 1. The van der Waals surface area contributed by atoms with E-state index in [0.29, 0.717) is 0 Å². The molecule has 1 amide bonds. The third kappa shape index (κ3) is 4.82. The van der Waals surface area contributed by atoms with Crippen LogP contribution in [0, 0.1) is 5.82 Å². The molecule has 0 aliphatic carbocycles. The summed E-state index contributed by atoms with van der Waals surface area (Å²) < 4.78 is 57.6. The Morgan fingerprint density at radius 2 is 1.87 bits per heavy atom. The normalized spacial score (nSPS) is 11.2. The second kappa shape index (κ2) is 8.62. The van der Waals surface area contributed by atoms with Crippen LogP contribution in [-0.4, -0.2) is 16.9 Å². The number of hydrogen-bond donors (Lipinski definition) is 0. The number of esters is 1. The van der Waals surface area contributed by atoms with Gasteiger partial charge in [0, 0.05) is 12.3 Å². The zero-order valence-corrected chi connectivity index (χ0v) is 16.3. The summed E-state index contributed by atoms with van der Waals surface area (Å²) in [6.07, 6.45) is -4.56. The fourth-order valence-electron chi connectivity index (χ4n) is 2.56. The Kier molecular flexibility index (Phi) is 6.16. The maximum atomic E-state index is 13.6. The van der Waals surface area contributed by atoms with Crippen molar-refractivity contribution in [2.45, 2.75) is 19.7 Å². The molecule has 156 valence electrons. The lowest BCUT2D eigenvalue weighted by atomic mass is 10.2. The molecule has 3 rings (SSSR count). The Morgan fingerprint density at radius 3 is 2.53 bits per heavy atom. The van der Waals surface area contributed by atoms with E-state index in [9.17, 15) is 27.2 Å². The van der Waals surface area contributed by atoms with Gasteiger partial charge in [-0.3, -0.25) is 9.69 Å². The number of nitrogens with zero attached hydrogens (tertiary/aromatic N) is 2. The highest BCUT2D eigenvalue weighted by Gasteiger charge is 2.31. The van der Waals surface area contributed by atoms with Gasteiger partial charge in [-0.15, -0.1) is 11.3 Å². The van der Waals surface area contributed by atoms with Crippen LogP contribution in [0.3, 0.4) is 0 Å². The molecule has 3 aromatic rings. The van der Waals surface area contributed by atoms with E-state index < -0.39 is 29.4 Å². The predicted octanol–water partition coefficient (Wildman–Crippen LogP) is 5.34. The number of rotatable bonds is 5. The van der Waals surface area contributed by atoms with Gasteiger partial charge in [0.2, 0.25) is 5.91 Å². The van der Waals surface area contributed by atoms with E-state index >= 15 is 0 Å². The molecule has 0 unspecified atom stereocenters. The summed E-state index contributed by atoms with van der Waals surface area (Å²) in [6, 6.07) is 9.61. The van der Waals surface area contributed by atoms with Gasteiger partial charge < -0.3 is 4.74 Å². The number of halogens is 4. The summed E-state index contributed by atoms with van der Waals surface area (Å²) in [4.78, 5) is 29.3. The maximum Gasteiger partial charge on any atom is 0.416 e. The monoisotopic (exact) mass is 438 g/mol. The summed E-state index contributed by atoms with van der Waals surface area (Å²) >= 11 is 0.992. The zero-order chi connectivity index (χ0) is 21.9. The lowest BCUT2D eigenvalue weighted by Crippen LogP contribution is -2.23. The van der Waals surface area contributed by atoms with Crippen LogP contribution in [0.15, 0.2) is 53.9 Å². The van der Waals surface area contributed by atoms with Crippen molar-refractivity contribution in [2.24, 2.45) is 0 Å². The number of anilines is 2. The van der Waals surface area contributed by atoms with Crippen LogP contribution in [-0.2, 0) is 22.3 Å². The van der Waals surface area contributed by atoms with Crippen molar-refractivity contribution in [1.29, 1.82) is 0 Å². The Bertz CT molecular complexity index is 1080. The first kappa shape index (κ1) is 21.4. The van der Waals surface area contributed by atoms with E-state index in [2.05, 4.69) is 4.98 Å². The molecule has 0 saturated heterocycles. The fraction of sp³-hybridized carbons (Fsp3) is 0.150. The van der Waals surface area contributed by atoms with Crippen molar-refractivity contribution in [1.82, 2.24) is 4.98 Å². The third-order valence-corrected chi connectivity index (χ3v) is 4.80. The number of thiazole rings is 1. The van der Waals surface area contributed by atoms with Crippen LogP contribution in [0.25, 0.3) is 0 Å². The topological polar surface area (TPSA) is 59.5 Å². The molecule has 10 heteroatoms. The first-order valence-corrected chi connectivity index (χ1v) is 9.39. The second-order valence-electron chi connectivity index (χ2n) is 6.08. The second-order valence-corrected chi connectivity index (χ2v) is 6.92. The van der Waals surface area contributed by atoms with Crippen LogP contribution in [0.4, 0.5) is 28.4 Å². The van der Waals surface area contributed by atoms with E-state index in [-0.39, 0.29) is 28.7 Å². The summed E-state index contributed by atoms with van der Waals surface area (Å²) in [5.41, 5.74) is -0.872. The van der Waals surface area contributed by atoms with Gasteiger partial charge in [-0.25, -0.2) is 14.2 Å². The highest BCUT2D eigenvalue weighted by molar-refractivity contribution is 7.14.